The fraction of sp³-hybridized carbons (Fsp3) is 0.0800. The lowest BCUT2D eigenvalue weighted by atomic mass is 10.2. The van der Waals surface area contributed by atoms with Crippen molar-refractivity contribution in [3.05, 3.63) is 104 Å². The highest BCUT2D eigenvalue weighted by molar-refractivity contribution is 7.90. The van der Waals surface area contributed by atoms with Crippen LogP contribution in [0.5, 0.6) is 0 Å². The Morgan fingerprint density at radius 3 is 2.39 bits per heavy atom. The van der Waals surface area contributed by atoms with Crippen LogP contribution < -0.4 is 16.0 Å². The molecule has 2 N–H and O–H groups in total. The maximum absolute atomic E-state index is 13.5. The quantitative estimate of drug-likeness (QED) is 0.375. The highest BCUT2D eigenvalue weighted by Crippen LogP contribution is 2.30. The van der Waals surface area contributed by atoms with Crippen molar-refractivity contribution in [1.29, 1.82) is 0 Å². The number of amides is 1. The smallest absolute Gasteiger partial charge is 0.333 e. The van der Waals surface area contributed by atoms with Crippen LogP contribution in [0.1, 0.15) is 16.1 Å². The van der Waals surface area contributed by atoms with Gasteiger partial charge in [0, 0.05) is 17.5 Å². The number of hydrogen-bond donors (Lipinski definition) is 2. The Morgan fingerprint density at radius 2 is 1.67 bits per heavy atom. The van der Waals surface area contributed by atoms with Crippen molar-refractivity contribution in [2.75, 3.05) is 0 Å². The molecule has 2 aromatic heterocycles. The Morgan fingerprint density at radius 1 is 0.972 bits per heavy atom. The molecule has 1 amide bonds. The Balaban J connectivity index is 1.78. The molecule has 0 bridgehead atoms. The fourth-order valence-corrected chi connectivity index (χ4v) is 5.32. The highest BCUT2D eigenvalue weighted by Gasteiger charge is 2.28. The molecule has 0 fully saturated rings. The SMILES string of the molecule is Cc1ccc(S(=O)(=O)NC(=O)c2c(-n3c(=O)[nH]c4ccccc4c3=O)c3cc(Cl)ccc3n2C)cc1. The first-order valence-electron chi connectivity index (χ1n) is 10.7. The van der Waals surface area contributed by atoms with Gasteiger partial charge < -0.3 is 9.55 Å². The van der Waals surface area contributed by atoms with Gasteiger partial charge in [-0.15, -0.1) is 0 Å². The summed E-state index contributed by atoms with van der Waals surface area (Å²) in [5, 5.41) is 0.847. The summed E-state index contributed by atoms with van der Waals surface area (Å²) in [5.74, 6) is -1.01. The maximum atomic E-state index is 13.5. The van der Waals surface area contributed by atoms with Crippen LogP contribution in [0.3, 0.4) is 0 Å². The third-order valence-electron chi connectivity index (χ3n) is 5.94. The van der Waals surface area contributed by atoms with Gasteiger partial charge >= 0.3 is 5.69 Å². The number of nitrogens with zero attached hydrogens (tertiary/aromatic N) is 2. The van der Waals surface area contributed by atoms with Crippen LogP contribution >= 0.6 is 11.6 Å². The molecule has 5 rings (SSSR count). The van der Waals surface area contributed by atoms with E-state index >= 15 is 0 Å². The van der Waals surface area contributed by atoms with Crippen LogP contribution in [0.15, 0.2) is 81.2 Å². The minimum atomic E-state index is -4.25. The first-order valence-corrected chi connectivity index (χ1v) is 12.6. The van der Waals surface area contributed by atoms with Gasteiger partial charge in [-0.1, -0.05) is 41.4 Å². The van der Waals surface area contributed by atoms with Gasteiger partial charge in [0.15, 0.2) is 0 Å². The van der Waals surface area contributed by atoms with E-state index in [1.165, 1.54) is 29.8 Å². The van der Waals surface area contributed by atoms with E-state index in [1.54, 1.807) is 55.5 Å². The zero-order chi connectivity index (χ0) is 25.8. The maximum Gasteiger partial charge on any atom is 0.333 e. The molecule has 0 aliphatic heterocycles. The summed E-state index contributed by atoms with van der Waals surface area (Å²) in [6.45, 7) is 1.81. The number of aromatic nitrogens is 3. The standard InChI is InChI=1S/C25H19ClN4O5S/c1-14-7-10-16(11-8-14)36(34,35)28-23(31)22-21(18-13-15(26)9-12-20(18)29(22)2)30-24(32)17-5-3-4-6-19(17)27-25(30)33/h3-13H,1-2H3,(H,27,33)(H,28,31). The van der Waals surface area contributed by atoms with Crippen LogP contribution in [-0.4, -0.2) is 28.4 Å². The van der Waals surface area contributed by atoms with Crippen molar-refractivity contribution < 1.29 is 13.2 Å². The molecule has 0 saturated heterocycles. The number of H-pyrrole nitrogens is 1. The molecule has 0 saturated carbocycles. The van der Waals surface area contributed by atoms with Gasteiger partial charge in [0.05, 0.1) is 27.0 Å². The molecule has 9 nitrogen and oxygen atoms in total. The van der Waals surface area contributed by atoms with Crippen molar-refractivity contribution >= 4 is 49.3 Å². The fourth-order valence-electron chi connectivity index (χ4n) is 4.20. The molecule has 3 aromatic carbocycles. The minimum Gasteiger partial charge on any atom is -0.338 e. The van der Waals surface area contributed by atoms with Gasteiger partial charge in [0.25, 0.3) is 21.5 Å². The van der Waals surface area contributed by atoms with Gasteiger partial charge in [0.1, 0.15) is 5.69 Å². The van der Waals surface area contributed by atoms with Gasteiger partial charge in [0.2, 0.25) is 0 Å². The molecule has 0 radical (unpaired) electrons. The third kappa shape index (κ3) is 3.80. The molecular formula is C25H19ClN4O5S. The summed E-state index contributed by atoms with van der Waals surface area (Å²) < 4.78 is 30.2. The van der Waals surface area contributed by atoms with Gasteiger partial charge in [-0.25, -0.2) is 22.5 Å². The van der Waals surface area contributed by atoms with Crippen LogP contribution in [-0.2, 0) is 17.1 Å². The summed E-state index contributed by atoms with van der Waals surface area (Å²) in [4.78, 5) is 42.6. The number of hydrogen-bond acceptors (Lipinski definition) is 5. The summed E-state index contributed by atoms with van der Waals surface area (Å²) in [7, 11) is -2.72. The summed E-state index contributed by atoms with van der Waals surface area (Å²) in [6, 6.07) is 17.2. The first kappa shape index (κ1) is 23.6. The van der Waals surface area contributed by atoms with Crippen molar-refractivity contribution in [1.82, 2.24) is 18.8 Å². The molecule has 0 atom stereocenters. The Bertz CT molecular complexity index is 1920. The zero-order valence-electron chi connectivity index (χ0n) is 19.1. The van der Waals surface area contributed by atoms with Crippen molar-refractivity contribution in [2.45, 2.75) is 11.8 Å². The van der Waals surface area contributed by atoms with E-state index < -0.39 is 27.2 Å². The average molecular weight is 523 g/mol. The number of sulfonamides is 1. The normalized spacial score (nSPS) is 11.8. The number of para-hydroxylation sites is 1. The summed E-state index contributed by atoms with van der Waals surface area (Å²) in [5.41, 5.74) is -0.0990. The lowest BCUT2D eigenvalue weighted by Gasteiger charge is -2.12. The summed E-state index contributed by atoms with van der Waals surface area (Å²) in [6.07, 6.45) is 0. The molecule has 36 heavy (non-hydrogen) atoms. The number of aromatic amines is 1. The molecule has 182 valence electrons. The first-order chi connectivity index (χ1) is 17.1. The summed E-state index contributed by atoms with van der Waals surface area (Å²) >= 11 is 6.21. The number of benzene rings is 3. The van der Waals surface area contributed by atoms with E-state index in [4.69, 9.17) is 11.6 Å². The largest absolute Gasteiger partial charge is 0.338 e. The predicted octanol–water partition coefficient (Wildman–Crippen LogP) is 3.25. The second-order valence-corrected chi connectivity index (χ2v) is 10.4. The molecule has 0 aliphatic rings. The van der Waals surface area contributed by atoms with E-state index in [0.717, 1.165) is 10.1 Å². The van der Waals surface area contributed by atoms with E-state index in [0.29, 0.717) is 21.4 Å². The zero-order valence-corrected chi connectivity index (χ0v) is 20.6. The number of nitrogens with one attached hydrogen (secondary N) is 2. The number of rotatable bonds is 4. The molecule has 0 spiro atoms. The molecule has 11 heteroatoms. The second-order valence-electron chi connectivity index (χ2n) is 8.28. The van der Waals surface area contributed by atoms with Crippen molar-refractivity contribution in [3.8, 4) is 5.69 Å². The third-order valence-corrected chi connectivity index (χ3v) is 7.52. The Hall–Kier alpha value is -4.15. The van der Waals surface area contributed by atoms with Gasteiger partial charge in [-0.3, -0.25) is 9.59 Å². The molecule has 0 aliphatic carbocycles. The molecular weight excluding hydrogens is 504 g/mol. The van der Waals surface area contributed by atoms with Crippen LogP contribution in [0.25, 0.3) is 27.5 Å². The Kier molecular flexibility index (Phi) is 5.57. The van der Waals surface area contributed by atoms with E-state index in [9.17, 15) is 22.8 Å². The van der Waals surface area contributed by atoms with Crippen LogP contribution in [0.2, 0.25) is 5.02 Å². The molecule has 2 heterocycles. The number of fused-ring (bicyclic) bond motifs is 2. The Labute approximate surface area is 209 Å². The topological polar surface area (TPSA) is 123 Å². The van der Waals surface area contributed by atoms with Crippen LogP contribution in [0, 0.1) is 6.92 Å². The van der Waals surface area contributed by atoms with Crippen LogP contribution in [0.4, 0.5) is 0 Å². The van der Waals surface area contributed by atoms with Gasteiger partial charge in [-0.2, -0.15) is 0 Å². The number of carbonyl (C=O) groups is 1. The lowest BCUT2D eigenvalue weighted by Crippen LogP contribution is -2.37. The van der Waals surface area contributed by atoms with Gasteiger partial charge in [-0.05, 0) is 49.4 Å². The van der Waals surface area contributed by atoms with E-state index in [1.807, 2.05) is 0 Å². The van der Waals surface area contributed by atoms with Crippen molar-refractivity contribution in [2.24, 2.45) is 7.05 Å². The number of aryl methyl sites for hydroxylation is 2. The molecule has 5 aromatic rings. The second kappa shape index (κ2) is 8.51. The van der Waals surface area contributed by atoms with E-state index in [-0.39, 0.29) is 21.7 Å². The average Bonchev–Trinajstić information content (AvgIpc) is 3.10. The molecule has 0 unspecified atom stereocenters. The predicted molar refractivity (Wildman–Crippen MR) is 137 cm³/mol. The van der Waals surface area contributed by atoms with E-state index in [2.05, 4.69) is 9.71 Å². The number of carbonyl (C=O) groups excluding carboxylic acids is 1. The van der Waals surface area contributed by atoms with Crippen molar-refractivity contribution in [3.63, 3.8) is 0 Å². The minimum absolute atomic E-state index is 0.0800. The monoisotopic (exact) mass is 522 g/mol. The number of halogens is 1. The highest BCUT2D eigenvalue weighted by atomic mass is 35.5. The lowest BCUT2D eigenvalue weighted by molar-refractivity contribution is 0.0974.